The molecule has 2 heterocycles. The zero-order valence-corrected chi connectivity index (χ0v) is 6.22. The van der Waals surface area contributed by atoms with E-state index in [4.69, 9.17) is 5.73 Å². The molecule has 10 heavy (non-hydrogen) atoms. The first kappa shape index (κ1) is 5.67. The van der Waals surface area contributed by atoms with Gasteiger partial charge in [0.1, 0.15) is 0 Å². The van der Waals surface area contributed by atoms with Gasteiger partial charge >= 0.3 is 0 Å². The third-order valence-corrected chi connectivity index (χ3v) is 2.20. The van der Waals surface area contributed by atoms with Crippen LogP contribution in [0.3, 0.4) is 0 Å². The normalized spacial score (nSPS) is 10.9. The Balaban J connectivity index is 2.90. The van der Waals surface area contributed by atoms with Crippen LogP contribution in [-0.4, -0.2) is 14.6 Å². The van der Waals surface area contributed by atoms with Crippen molar-refractivity contribution in [2.45, 2.75) is 6.92 Å². The summed E-state index contributed by atoms with van der Waals surface area (Å²) in [6.07, 6.45) is 0. The van der Waals surface area contributed by atoms with Crippen LogP contribution in [-0.2, 0) is 0 Å². The monoisotopic (exact) mass is 154 g/mol. The lowest BCUT2D eigenvalue weighted by molar-refractivity contribution is 0.939. The number of anilines is 1. The highest BCUT2D eigenvalue weighted by Crippen LogP contribution is 2.13. The van der Waals surface area contributed by atoms with Gasteiger partial charge in [-0.1, -0.05) is 0 Å². The van der Waals surface area contributed by atoms with E-state index >= 15 is 0 Å². The summed E-state index contributed by atoms with van der Waals surface area (Å²) < 4.78 is 1.74. The molecule has 0 amide bonds. The summed E-state index contributed by atoms with van der Waals surface area (Å²) in [4.78, 5) is 4.84. The summed E-state index contributed by atoms with van der Waals surface area (Å²) in [5, 5.41) is 5.96. The molecule has 0 radical (unpaired) electrons. The summed E-state index contributed by atoms with van der Waals surface area (Å²) in [6.45, 7) is 1.97. The molecule has 0 unspecified atom stereocenters. The molecule has 2 rings (SSSR count). The van der Waals surface area contributed by atoms with Gasteiger partial charge in [0.25, 0.3) is 0 Å². The number of aryl methyl sites for hydroxylation is 1. The molecular weight excluding hydrogens is 148 g/mol. The molecule has 2 aromatic heterocycles. The van der Waals surface area contributed by atoms with Crippen LogP contribution in [0.15, 0.2) is 5.38 Å². The molecule has 0 saturated heterocycles. The molecule has 2 aromatic rings. The molecule has 0 bridgehead atoms. The lowest BCUT2D eigenvalue weighted by Crippen LogP contribution is -1.89. The van der Waals surface area contributed by atoms with Crippen molar-refractivity contribution in [2.24, 2.45) is 0 Å². The van der Waals surface area contributed by atoms with Gasteiger partial charge in [0.05, 0.1) is 5.69 Å². The standard InChI is InChI=1S/C5H6N4S/c1-3-2-10-5-7-4(6)8-9(3)5/h2H,1H3,(H2,6,8). The van der Waals surface area contributed by atoms with Gasteiger partial charge < -0.3 is 5.73 Å². The third-order valence-electron chi connectivity index (χ3n) is 1.26. The van der Waals surface area contributed by atoms with Gasteiger partial charge in [-0.3, -0.25) is 0 Å². The van der Waals surface area contributed by atoms with Crippen LogP contribution in [0.4, 0.5) is 5.95 Å². The highest BCUT2D eigenvalue weighted by atomic mass is 32.1. The van der Waals surface area contributed by atoms with Crippen LogP contribution in [0.5, 0.6) is 0 Å². The van der Waals surface area contributed by atoms with Crippen LogP contribution in [0.1, 0.15) is 5.69 Å². The largest absolute Gasteiger partial charge is 0.366 e. The third kappa shape index (κ3) is 0.607. The van der Waals surface area contributed by atoms with Crippen molar-refractivity contribution in [3.05, 3.63) is 11.1 Å². The van der Waals surface area contributed by atoms with E-state index in [1.165, 1.54) is 0 Å². The van der Waals surface area contributed by atoms with Crippen molar-refractivity contribution in [1.29, 1.82) is 0 Å². The second kappa shape index (κ2) is 1.69. The average Bonchev–Trinajstić information content (AvgIpc) is 2.35. The number of nitrogens with two attached hydrogens (primary N) is 1. The van der Waals surface area contributed by atoms with Crippen molar-refractivity contribution >= 4 is 22.2 Å². The minimum Gasteiger partial charge on any atom is -0.366 e. The van der Waals surface area contributed by atoms with Crippen molar-refractivity contribution in [3.8, 4) is 0 Å². The SMILES string of the molecule is Cc1csc2nc(N)nn12. The first-order valence-electron chi connectivity index (χ1n) is 2.84. The molecule has 0 aliphatic rings. The van der Waals surface area contributed by atoms with E-state index in [1.807, 2.05) is 12.3 Å². The Kier molecular flexibility index (Phi) is 0.960. The van der Waals surface area contributed by atoms with Gasteiger partial charge in [0, 0.05) is 5.38 Å². The highest BCUT2D eigenvalue weighted by Gasteiger charge is 2.02. The Bertz CT molecular complexity index is 360. The number of nitrogen functional groups attached to an aromatic ring is 1. The first-order chi connectivity index (χ1) is 4.77. The van der Waals surface area contributed by atoms with Crippen LogP contribution < -0.4 is 5.73 Å². The van der Waals surface area contributed by atoms with Crippen LogP contribution in [0.2, 0.25) is 0 Å². The smallest absolute Gasteiger partial charge is 0.241 e. The topological polar surface area (TPSA) is 56.2 Å². The number of hydrogen-bond donors (Lipinski definition) is 1. The van der Waals surface area contributed by atoms with Gasteiger partial charge in [0.2, 0.25) is 10.9 Å². The van der Waals surface area contributed by atoms with E-state index in [0.29, 0.717) is 5.95 Å². The summed E-state index contributed by atoms with van der Waals surface area (Å²) in [5.74, 6) is 0.343. The highest BCUT2D eigenvalue weighted by molar-refractivity contribution is 7.15. The lowest BCUT2D eigenvalue weighted by Gasteiger charge is -1.81. The van der Waals surface area contributed by atoms with Gasteiger partial charge in [-0.25, -0.2) is 4.52 Å². The second-order valence-corrected chi connectivity index (χ2v) is 2.88. The molecule has 0 atom stereocenters. The Morgan fingerprint density at radius 2 is 2.50 bits per heavy atom. The number of nitrogens with zero attached hydrogens (tertiary/aromatic N) is 3. The van der Waals surface area contributed by atoms with E-state index < -0.39 is 0 Å². The molecule has 0 fully saturated rings. The van der Waals surface area contributed by atoms with Crippen molar-refractivity contribution in [1.82, 2.24) is 14.6 Å². The summed E-state index contributed by atoms with van der Waals surface area (Å²) in [7, 11) is 0. The fraction of sp³-hybridized carbons (Fsp3) is 0.200. The maximum Gasteiger partial charge on any atom is 0.241 e. The zero-order valence-electron chi connectivity index (χ0n) is 5.40. The average molecular weight is 154 g/mol. The zero-order chi connectivity index (χ0) is 7.14. The fourth-order valence-electron chi connectivity index (χ4n) is 0.807. The Labute approximate surface area is 61.3 Å². The molecule has 5 heteroatoms. The number of fused-ring (bicyclic) bond motifs is 1. The minimum atomic E-state index is 0.343. The van der Waals surface area contributed by atoms with Gasteiger partial charge in [-0.05, 0) is 6.92 Å². The predicted octanol–water partition coefficient (Wildman–Crippen LogP) is 0.681. The van der Waals surface area contributed by atoms with E-state index in [2.05, 4.69) is 10.1 Å². The van der Waals surface area contributed by atoms with E-state index in [9.17, 15) is 0 Å². The summed E-state index contributed by atoms with van der Waals surface area (Å²) in [5.41, 5.74) is 6.44. The number of rotatable bonds is 0. The molecular formula is C5H6N4S. The maximum atomic E-state index is 5.37. The molecule has 0 aromatic carbocycles. The first-order valence-corrected chi connectivity index (χ1v) is 3.71. The maximum absolute atomic E-state index is 5.37. The van der Waals surface area contributed by atoms with E-state index in [1.54, 1.807) is 15.9 Å². The lowest BCUT2D eigenvalue weighted by atomic mass is 10.6. The number of hydrogen-bond acceptors (Lipinski definition) is 4. The van der Waals surface area contributed by atoms with E-state index in [0.717, 1.165) is 10.7 Å². The van der Waals surface area contributed by atoms with Crippen molar-refractivity contribution in [2.75, 3.05) is 5.73 Å². The molecule has 0 spiro atoms. The molecule has 0 aliphatic heterocycles. The summed E-state index contributed by atoms with van der Waals surface area (Å²) >= 11 is 1.54. The van der Waals surface area contributed by atoms with Gasteiger partial charge in [0.15, 0.2) is 0 Å². The molecule has 0 aliphatic carbocycles. The van der Waals surface area contributed by atoms with Crippen LogP contribution in [0, 0.1) is 6.92 Å². The van der Waals surface area contributed by atoms with Gasteiger partial charge in [-0.2, -0.15) is 4.98 Å². The Morgan fingerprint density at radius 1 is 1.70 bits per heavy atom. The quantitative estimate of drug-likeness (QED) is 0.607. The minimum absolute atomic E-state index is 0.343. The molecule has 2 N–H and O–H groups in total. The van der Waals surface area contributed by atoms with E-state index in [-0.39, 0.29) is 0 Å². The molecule has 0 saturated carbocycles. The predicted molar refractivity (Wildman–Crippen MR) is 40.0 cm³/mol. The number of aromatic nitrogens is 3. The number of thiazole rings is 1. The van der Waals surface area contributed by atoms with Gasteiger partial charge in [-0.15, -0.1) is 16.4 Å². The fourth-order valence-corrected chi connectivity index (χ4v) is 1.61. The van der Waals surface area contributed by atoms with Crippen LogP contribution >= 0.6 is 11.3 Å². The molecule has 52 valence electrons. The van der Waals surface area contributed by atoms with Crippen molar-refractivity contribution in [3.63, 3.8) is 0 Å². The van der Waals surface area contributed by atoms with Crippen molar-refractivity contribution < 1.29 is 0 Å². The Hall–Kier alpha value is -1.10. The Morgan fingerprint density at radius 3 is 3.20 bits per heavy atom. The molecule has 4 nitrogen and oxygen atoms in total. The summed E-state index contributed by atoms with van der Waals surface area (Å²) in [6, 6.07) is 0. The second-order valence-electron chi connectivity index (χ2n) is 2.04. The van der Waals surface area contributed by atoms with Crippen LogP contribution in [0.25, 0.3) is 4.96 Å².